The third-order valence-electron chi connectivity index (χ3n) is 2.48. The maximum absolute atomic E-state index is 13.1. The van der Waals surface area contributed by atoms with Gasteiger partial charge in [-0.1, -0.05) is 29.2 Å². The first kappa shape index (κ1) is 15.6. The van der Waals surface area contributed by atoms with E-state index in [0.717, 1.165) is 0 Å². The number of H-pyrrole nitrogens is 1. The van der Waals surface area contributed by atoms with Gasteiger partial charge in [-0.25, -0.2) is 0 Å². The molecular formula is C13H17F2N2OP. The largest absolute Gasteiger partial charge is 0.354 e. The van der Waals surface area contributed by atoms with Gasteiger partial charge in [0.05, 0.1) is 0 Å². The lowest BCUT2D eigenvalue weighted by Crippen LogP contribution is -2.17. The monoisotopic (exact) mass is 286 g/mol. The summed E-state index contributed by atoms with van der Waals surface area (Å²) in [5.41, 5.74) is -2.05. The van der Waals surface area contributed by atoms with Gasteiger partial charge in [-0.2, -0.15) is 8.78 Å². The lowest BCUT2D eigenvalue weighted by Gasteiger charge is -2.09. The molecule has 0 saturated carbocycles. The predicted molar refractivity (Wildman–Crippen MR) is 76.6 cm³/mol. The Kier molecular flexibility index (Phi) is 5.01. The molecule has 1 unspecified atom stereocenters. The van der Waals surface area contributed by atoms with Gasteiger partial charge in [0.25, 0.3) is 11.6 Å². The molecule has 3 nitrogen and oxygen atoms in total. The maximum atomic E-state index is 13.1. The Balaban J connectivity index is 0.000000861. The zero-order chi connectivity index (χ0) is 14.6. The van der Waals surface area contributed by atoms with E-state index >= 15 is 0 Å². The van der Waals surface area contributed by atoms with Crippen molar-refractivity contribution < 1.29 is 13.6 Å². The van der Waals surface area contributed by atoms with E-state index in [1.165, 1.54) is 34.5 Å². The smallest absolute Gasteiger partial charge is 0.283 e. The van der Waals surface area contributed by atoms with Crippen LogP contribution >= 0.6 is 9.24 Å². The predicted octanol–water partition coefficient (Wildman–Crippen LogP) is 3.48. The molecule has 1 heterocycles. The molecule has 6 heteroatoms. The molecule has 0 radical (unpaired) electrons. The zero-order valence-electron chi connectivity index (χ0n) is 11.1. The number of benzene rings is 1. The Bertz CT molecular complexity index is 576. The third kappa shape index (κ3) is 3.51. The van der Waals surface area contributed by atoms with E-state index in [1.54, 1.807) is 6.07 Å². The molecule has 0 fully saturated rings. The Hall–Kier alpha value is -1.48. The fourth-order valence-electron chi connectivity index (χ4n) is 1.60. The lowest BCUT2D eigenvalue weighted by atomic mass is 10.1. The van der Waals surface area contributed by atoms with Crippen molar-refractivity contribution in [2.75, 3.05) is 7.05 Å². The van der Waals surface area contributed by atoms with Crippen molar-refractivity contribution in [1.82, 2.24) is 10.3 Å². The second kappa shape index (κ2) is 6.11. The second-order valence-corrected chi connectivity index (χ2v) is 4.41. The molecule has 0 bridgehead atoms. The fourth-order valence-corrected chi connectivity index (χ4v) is 1.78. The van der Waals surface area contributed by atoms with Crippen LogP contribution in [0, 0.1) is 0 Å². The van der Waals surface area contributed by atoms with Crippen molar-refractivity contribution in [3.63, 3.8) is 0 Å². The molecule has 104 valence electrons. The first-order chi connectivity index (χ1) is 8.91. The summed E-state index contributed by atoms with van der Waals surface area (Å²) in [5, 5.41) is 3.05. The number of halogens is 2. The number of carbonyl (C=O) groups is 1. The van der Waals surface area contributed by atoms with Crippen molar-refractivity contribution >= 4 is 26.0 Å². The summed E-state index contributed by atoms with van der Waals surface area (Å²) in [6.07, 6.45) is 0. The minimum absolute atomic E-state index is 0.0996. The quantitative estimate of drug-likeness (QED) is 0.816. The van der Waals surface area contributed by atoms with Crippen molar-refractivity contribution in [3.8, 4) is 0 Å². The number of hydrogen-bond acceptors (Lipinski definition) is 1. The molecule has 1 atom stereocenters. The third-order valence-corrected chi connectivity index (χ3v) is 2.81. The Morgan fingerprint density at radius 3 is 2.47 bits per heavy atom. The molecule has 1 aromatic carbocycles. The zero-order valence-corrected chi connectivity index (χ0v) is 12.2. The summed E-state index contributed by atoms with van der Waals surface area (Å²) in [6, 6.07) is 5.79. The van der Waals surface area contributed by atoms with Gasteiger partial charge in [-0.15, -0.1) is 0 Å². The van der Waals surface area contributed by atoms with E-state index in [0.29, 0.717) is 16.6 Å². The number of aromatic amines is 1. The summed E-state index contributed by atoms with van der Waals surface area (Å²) in [5.74, 6) is -0.277. The average molecular weight is 286 g/mol. The highest BCUT2D eigenvalue weighted by atomic mass is 31.0. The van der Waals surface area contributed by atoms with Crippen molar-refractivity contribution in [1.29, 1.82) is 0 Å². The topological polar surface area (TPSA) is 44.9 Å². The van der Waals surface area contributed by atoms with Crippen LogP contribution < -0.4 is 5.32 Å². The number of amides is 1. The van der Waals surface area contributed by atoms with E-state index in [-0.39, 0.29) is 11.5 Å². The van der Waals surface area contributed by atoms with Crippen molar-refractivity contribution in [2.24, 2.45) is 0 Å². The molecular weight excluding hydrogens is 269 g/mol. The van der Waals surface area contributed by atoms with Crippen LogP contribution in [0.1, 0.15) is 29.9 Å². The number of rotatable bonds is 2. The summed E-state index contributed by atoms with van der Waals surface area (Å²) < 4.78 is 26.2. The Morgan fingerprint density at radius 2 is 1.95 bits per heavy atom. The molecule has 1 aromatic heterocycles. The van der Waals surface area contributed by atoms with E-state index in [1.807, 2.05) is 13.8 Å². The maximum Gasteiger partial charge on any atom is 0.283 e. The number of carbonyl (C=O) groups excluding carboxylic acids is 1. The SMILES string of the molecule is CC.CNC(=O)c1cc2cc(C(F)(F)P)ccc2[nH]1. The molecule has 0 spiro atoms. The summed E-state index contributed by atoms with van der Waals surface area (Å²) >= 11 is 0. The van der Waals surface area contributed by atoms with E-state index in [9.17, 15) is 13.6 Å². The van der Waals surface area contributed by atoms with Crippen LogP contribution in [-0.2, 0) is 5.66 Å². The van der Waals surface area contributed by atoms with Crippen LogP contribution in [0.4, 0.5) is 8.78 Å². The van der Waals surface area contributed by atoms with Gasteiger partial charge in [0.15, 0.2) is 0 Å². The summed E-state index contributed by atoms with van der Waals surface area (Å²) in [7, 11) is 3.00. The van der Waals surface area contributed by atoms with Gasteiger partial charge in [0.2, 0.25) is 0 Å². The molecule has 2 N–H and O–H groups in total. The molecule has 0 aliphatic heterocycles. The van der Waals surface area contributed by atoms with Gasteiger partial charge in [0, 0.05) is 23.5 Å². The van der Waals surface area contributed by atoms with Crippen molar-refractivity contribution in [3.05, 3.63) is 35.5 Å². The van der Waals surface area contributed by atoms with E-state index < -0.39 is 5.66 Å². The molecule has 2 aromatic rings. The number of hydrogen-bond donors (Lipinski definition) is 2. The molecule has 19 heavy (non-hydrogen) atoms. The Labute approximate surface area is 113 Å². The molecule has 0 aliphatic carbocycles. The highest BCUT2D eigenvalue weighted by molar-refractivity contribution is 7.17. The summed E-state index contributed by atoms with van der Waals surface area (Å²) in [6.45, 7) is 4.00. The average Bonchev–Trinajstić information content (AvgIpc) is 2.81. The molecule has 0 saturated heterocycles. The Morgan fingerprint density at radius 1 is 1.32 bits per heavy atom. The molecule has 2 rings (SSSR count). The van der Waals surface area contributed by atoms with E-state index in [2.05, 4.69) is 10.3 Å². The van der Waals surface area contributed by atoms with Gasteiger partial charge in [-0.3, -0.25) is 4.79 Å². The minimum Gasteiger partial charge on any atom is -0.354 e. The van der Waals surface area contributed by atoms with Crippen LogP contribution in [0.25, 0.3) is 10.9 Å². The fraction of sp³-hybridized carbons (Fsp3) is 0.308. The van der Waals surface area contributed by atoms with Gasteiger partial charge in [0.1, 0.15) is 5.69 Å². The second-order valence-electron chi connectivity index (χ2n) is 3.69. The number of alkyl halides is 2. The normalized spacial score (nSPS) is 10.8. The standard InChI is InChI=1S/C11H11F2N2OP.C2H6/c1-14-10(16)9-5-6-4-7(11(12,13)17)2-3-8(6)15-9;1-2/h2-5,15H,17H2,1H3,(H,14,16);1-2H3. The van der Waals surface area contributed by atoms with Crippen LogP contribution in [0.15, 0.2) is 24.3 Å². The van der Waals surface area contributed by atoms with Gasteiger partial charge >= 0.3 is 0 Å². The molecule has 1 amide bonds. The highest BCUT2D eigenvalue weighted by Crippen LogP contribution is 2.36. The summed E-state index contributed by atoms with van der Waals surface area (Å²) in [4.78, 5) is 14.2. The van der Waals surface area contributed by atoms with Crippen LogP contribution in [0.5, 0.6) is 0 Å². The first-order valence-corrected chi connectivity index (χ1v) is 6.51. The van der Waals surface area contributed by atoms with Gasteiger partial charge in [-0.05, 0) is 18.2 Å². The minimum atomic E-state index is -2.96. The lowest BCUT2D eigenvalue weighted by molar-refractivity contribution is 0.0958. The van der Waals surface area contributed by atoms with Crippen LogP contribution in [0.3, 0.4) is 0 Å². The number of aromatic nitrogens is 1. The van der Waals surface area contributed by atoms with Crippen LogP contribution in [0.2, 0.25) is 0 Å². The number of fused-ring (bicyclic) bond motifs is 1. The van der Waals surface area contributed by atoms with Crippen molar-refractivity contribution in [2.45, 2.75) is 19.5 Å². The molecule has 0 aliphatic rings. The van der Waals surface area contributed by atoms with Gasteiger partial charge < -0.3 is 10.3 Å². The number of nitrogens with one attached hydrogen (secondary N) is 2. The highest BCUT2D eigenvalue weighted by Gasteiger charge is 2.24. The van der Waals surface area contributed by atoms with E-state index in [4.69, 9.17) is 0 Å². The van der Waals surface area contributed by atoms with Crippen LogP contribution in [-0.4, -0.2) is 17.9 Å². The first-order valence-electron chi connectivity index (χ1n) is 5.94.